The van der Waals surface area contributed by atoms with Gasteiger partial charge in [-0.25, -0.2) is 0 Å². The Morgan fingerprint density at radius 1 is 1.12 bits per heavy atom. The first kappa shape index (κ1) is 18.3. The number of carbonyl (C=O) groups is 3. The lowest BCUT2D eigenvalue weighted by molar-refractivity contribution is -0.132. The van der Waals surface area contributed by atoms with Gasteiger partial charge in [0.25, 0.3) is 11.8 Å². The van der Waals surface area contributed by atoms with Gasteiger partial charge in [-0.15, -0.1) is 11.3 Å². The second-order valence-electron chi connectivity index (χ2n) is 5.94. The summed E-state index contributed by atoms with van der Waals surface area (Å²) in [6, 6.07) is 10.6. The van der Waals surface area contributed by atoms with Crippen LogP contribution in [0, 0.1) is 0 Å². The number of carbonyl (C=O) groups excluding carboxylic acids is 3. The van der Waals surface area contributed by atoms with Crippen LogP contribution in [0.1, 0.15) is 32.0 Å². The maximum Gasteiger partial charge on any atom is 0.261 e. The van der Waals surface area contributed by atoms with Gasteiger partial charge in [-0.05, 0) is 23.6 Å². The number of benzene rings is 1. The van der Waals surface area contributed by atoms with Crippen molar-refractivity contribution in [3.63, 3.8) is 0 Å². The van der Waals surface area contributed by atoms with Crippen LogP contribution in [0.25, 0.3) is 0 Å². The Morgan fingerprint density at radius 3 is 2.38 bits per heavy atom. The molecule has 3 rings (SSSR count). The van der Waals surface area contributed by atoms with Crippen molar-refractivity contribution in [1.29, 1.82) is 0 Å². The molecule has 0 atom stereocenters. The molecule has 1 aromatic heterocycles. The Bertz CT molecular complexity index is 769. The highest BCUT2D eigenvalue weighted by atomic mass is 32.1. The summed E-state index contributed by atoms with van der Waals surface area (Å²) in [4.78, 5) is 41.3. The average Bonchev–Trinajstić information content (AvgIpc) is 3.25. The van der Waals surface area contributed by atoms with E-state index in [1.54, 1.807) is 47.6 Å². The largest absolute Gasteiger partial charge is 0.383 e. The van der Waals surface area contributed by atoms with Crippen molar-refractivity contribution in [3.8, 4) is 0 Å². The summed E-state index contributed by atoms with van der Waals surface area (Å²) < 4.78 is 5.09. The number of rotatable bonds is 8. The van der Waals surface area contributed by atoms with E-state index in [-0.39, 0.29) is 30.7 Å². The number of methoxy groups -OCH3 is 1. The topological polar surface area (TPSA) is 66.9 Å². The lowest BCUT2D eigenvalue weighted by atomic mass is 10.1. The van der Waals surface area contributed by atoms with Crippen molar-refractivity contribution < 1.29 is 19.1 Å². The fraction of sp³-hybridized carbons (Fsp3) is 0.316. The molecular formula is C19H20N2O4S. The van der Waals surface area contributed by atoms with Crippen LogP contribution in [-0.2, 0) is 16.1 Å². The number of hydrogen-bond donors (Lipinski definition) is 0. The second kappa shape index (κ2) is 8.25. The van der Waals surface area contributed by atoms with Crippen LogP contribution in [0.15, 0.2) is 41.8 Å². The molecular weight excluding hydrogens is 352 g/mol. The van der Waals surface area contributed by atoms with Gasteiger partial charge in [0.1, 0.15) is 0 Å². The molecule has 7 heteroatoms. The van der Waals surface area contributed by atoms with Crippen molar-refractivity contribution in [3.05, 3.63) is 57.8 Å². The highest BCUT2D eigenvalue weighted by Crippen LogP contribution is 2.22. The minimum atomic E-state index is -0.333. The molecule has 6 nitrogen and oxygen atoms in total. The normalized spacial score (nSPS) is 13.2. The smallest absolute Gasteiger partial charge is 0.261 e. The zero-order chi connectivity index (χ0) is 18.5. The number of amides is 3. The van der Waals surface area contributed by atoms with Crippen molar-refractivity contribution in [2.45, 2.75) is 13.0 Å². The minimum absolute atomic E-state index is 0.0824. The van der Waals surface area contributed by atoms with Crippen molar-refractivity contribution >= 4 is 29.1 Å². The summed E-state index contributed by atoms with van der Waals surface area (Å²) in [5.74, 6) is -0.771. The fourth-order valence-electron chi connectivity index (χ4n) is 2.89. The molecule has 2 heterocycles. The molecule has 3 amide bonds. The van der Waals surface area contributed by atoms with Gasteiger partial charge in [0, 0.05) is 31.5 Å². The van der Waals surface area contributed by atoms with Gasteiger partial charge in [0.2, 0.25) is 5.91 Å². The molecule has 0 aliphatic carbocycles. The molecule has 0 unspecified atom stereocenters. The van der Waals surface area contributed by atoms with Gasteiger partial charge in [-0.1, -0.05) is 18.2 Å². The first-order valence-corrected chi connectivity index (χ1v) is 9.24. The third-order valence-electron chi connectivity index (χ3n) is 4.27. The summed E-state index contributed by atoms with van der Waals surface area (Å²) in [6.07, 6.45) is 0.0978. The first-order chi connectivity index (χ1) is 12.6. The zero-order valence-corrected chi connectivity index (χ0v) is 15.3. The van der Waals surface area contributed by atoms with Crippen LogP contribution in [0.4, 0.5) is 0 Å². The third kappa shape index (κ3) is 3.84. The highest BCUT2D eigenvalue weighted by Gasteiger charge is 2.35. The van der Waals surface area contributed by atoms with Crippen LogP contribution in [-0.4, -0.2) is 54.3 Å². The fourth-order valence-corrected chi connectivity index (χ4v) is 3.61. The zero-order valence-electron chi connectivity index (χ0n) is 14.5. The van der Waals surface area contributed by atoms with Gasteiger partial charge < -0.3 is 9.64 Å². The maximum atomic E-state index is 12.6. The van der Waals surface area contributed by atoms with Crippen LogP contribution < -0.4 is 0 Å². The molecule has 0 spiro atoms. The summed E-state index contributed by atoms with van der Waals surface area (Å²) in [5, 5.41) is 1.97. The number of nitrogens with zero attached hydrogens (tertiary/aromatic N) is 2. The number of ether oxygens (including phenoxy) is 1. The highest BCUT2D eigenvalue weighted by molar-refractivity contribution is 7.09. The van der Waals surface area contributed by atoms with E-state index in [2.05, 4.69) is 0 Å². The second-order valence-corrected chi connectivity index (χ2v) is 6.98. The van der Waals surface area contributed by atoms with E-state index in [1.165, 1.54) is 0 Å². The maximum absolute atomic E-state index is 12.6. The van der Waals surface area contributed by atoms with Crippen molar-refractivity contribution in [1.82, 2.24) is 9.80 Å². The van der Waals surface area contributed by atoms with E-state index >= 15 is 0 Å². The molecule has 26 heavy (non-hydrogen) atoms. The van der Waals surface area contributed by atoms with E-state index in [4.69, 9.17) is 4.74 Å². The number of imide groups is 1. The Morgan fingerprint density at radius 2 is 1.81 bits per heavy atom. The molecule has 1 aromatic carbocycles. The van der Waals surface area contributed by atoms with E-state index < -0.39 is 0 Å². The van der Waals surface area contributed by atoms with Crippen LogP contribution >= 0.6 is 11.3 Å². The van der Waals surface area contributed by atoms with E-state index in [9.17, 15) is 14.4 Å². The molecule has 136 valence electrons. The van der Waals surface area contributed by atoms with E-state index in [0.29, 0.717) is 30.8 Å². The average molecular weight is 372 g/mol. The molecule has 2 aromatic rings. The van der Waals surface area contributed by atoms with Crippen LogP contribution in [0.5, 0.6) is 0 Å². The molecule has 0 N–H and O–H groups in total. The lowest BCUT2D eigenvalue weighted by Gasteiger charge is -2.23. The van der Waals surface area contributed by atoms with Crippen molar-refractivity contribution in [2.75, 3.05) is 26.8 Å². The van der Waals surface area contributed by atoms with Crippen LogP contribution in [0.2, 0.25) is 0 Å². The summed E-state index contributed by atoms with van der Waals surface area (Å²) in [7, 11) is 1.59. The molecule has 0 bridgehead atoms. The quantitative estimate of drug-likeness (QED) is 0.668. The summed E-state index contributed by atoms with van der Waals surface area (Å²) in [6.45, 7) is 1.49. The molecule has 0 radical (unpaired) electrons. The molecule has 0 fully saturated rings. The Kier molecular flexibility index (Phi) is 5.80. The van der Waals surface area contributed by atoms with E-state index in [1.807, 2.05) is 17.5 Å². The molecule has 0 saturated carbocycles. The lowest BCUT2D eigenvalue weighted by Crippen LogP contribution is -2.37. The first-order valence-electron chi connectivity index (χ1n) is 8.36. The number of thiophene rings is 1. The van der Waals surface area contributed by atoms with Gasteiger partial charge in [-0.3, -0.25) is 19.3 Å². The Labute approximate surface area is 156 Å². The van der Waals surface area contributed by atoms with Gasteiger partial charge >= 0.3 is 0 Å². The third-order valence-corrected chi connectivity index (χ3v) is 5.13. The predicted molar refractivity (Wildman–Crippen MR) is 98.0 cm³/mol. The van der Waals surface area contributed by atoms with Crippen LogP contribution in [0.3, 0.4) is 0 Å². The summed E-state index contributed by atoms with van der Waals surface area (Å²) >= 11 is 1.58. The van der Waals surface area contributed by atoms with Gasteiger partial charge in [-0.2, -0.15) is 0 Å². The van der Waals surface area contributed by atoms with Crippen molar-refractivity contribution in [2.24, 2.45) is 0 Å². The summed E-state index contributed by atoms with van der Waals surface area (Å²) in [5.41, 5.74) is 0.805. The standard InChI is InChI=1S/C19H20N2O4S/c1-25-11-10-20(13-14-5-4-12-26-14)17(22)8-9-21-18(23)15-6-2-3-7-16(15)19(21)24/h2-7,12H,8-11,13H2,1H3. The van der Waals surface area contributed by atoms with Gasteiger partial charge in [0.05, 0.1) is 24.3 Å². The number of hydrogen-bond acceptors (Lipinski definition) is 5. The SMILES string of the molecule is COCCN(Cc1cccs1)C(=O)CCN1C(=O)c2ccccc2C1=O. The Balaban J connectivity index is 1.63. The Hall–Kier alpha value is -2.51. The predicted octanol–water partition coefficient (Wildman–Crippen LogP) is 2.41. The monoisotopic (exact) mass is 372 g/mol. The minimum Gasteiger partial charge on any atom is -0.383 e. The van der Waals surface area contributed by atoms with E-state index in [0.717, 1.165) is 9.78 Å². The molecule has 1 aliphatic rings. The van der Waals surface area contributed by atoms with Gasteiger partial charge in [0.15, 0.2) is 0 Å². The molecule has 0 saturated heterocycles. The molecule has 1 aliphatic heterocycles. The number of fused-ring (bicyclic) bond motifs is 1.